The Morgan fingerprint density at radius 2 is 0.579 bits per heavy atom. The Kier molecular flexibility index (Phi) is 12.2. The first-order valence-electron chi connectivity index (χ1n) is 28.6. The fourth-order valence-electron chi connectivity index (χ4n) is 14.4. The van der Waals surface area contributed by atoms with E-state index in [1.807, 2.05) is 24.3 Å². The van der Waals surface area contributed by atoms with E-state index in [9.17, 15) is 10.2 Å². The van der Waals surface area contributed by atoms with Crippen molar-refractivity contribution in [3.05, 3.63) is 139 Å². The number of benzene rings is 4. The van der Waals surface area contributed by atoms with Crippen molar-refractivity contribution >= 4 is 22.7 Å². The Morgan fingerprint density at radius 1 is 0.355 bits per heavy atom. The van der Waals surface area contributed by atoms with Crippen molar-refractivity contribution in [1.82, 2.24) is 0 Å². The van der Waals surface area contributed by atoms with Gasteiger partial charge >= 0.3 is 0 Å². The van der Waals surface area contributed by atoms with Crippen LogP contribution in [0, 0.1) is 26.3 Å². The lowest BCUT2D eigenvalue weighted by molar-refractivity contribution is -0.0114. The van der Waals surface area contributed by atoms with E-state index in [-0.39, 0.29) is 48.7 Å². The molecule has 6 N–H and O–H groups in total. The maximum Gasteiger partial charge on any atom is 0.228 e. The first-order valence-corrected chi connectivity index (χ1v) is 28.6. The van der Waals surface area contributed by atoms with E-state index in [1.54, 1.807) is 0 Å². The minimum absolute atomic E-state index is 0.0957. The van der Waals surface area contributed by atoms with Crippen molar-refractivity contribution < 1.29 is 29.2 Å². The highest BCUT2D eigenvalue weighted by Crippen LogP contribution is 2.65. The zero-order valence-corrected chi connectivity index (χ0v) is 43.7. The summed E-state index contributed by atoms with van der Waals surface area (Å²) in [5, 5.41) is 18.8. The summed E-state index contributed by atoms with van der Waals surface area (Å²) in [7, 11) is 0. The van der Waals surface area contributed by atoms with Crippen molar-refractivity contribution in [3.63, 3.8) is 0 Å². The van der Waals surface area contributed by atoms with Crippen LogP contribution in [0.4, 0.5) is 22.7 Å². The number of hydrogen-bond acceptors (Lipinski definition) is 8. The van der Waals surface area contributed by atoms with Gasteiger partial charge < -0.3 is 40.6 Å². The SMILES string of the molecule is [C-]#[N+]c1ccc2c(c1OC1CC(N)C1)C1(CC2)CC1.[C-]#[N+]c1ccc2c(c1OC1CC(N)C1)C1(CC2)CC1.[C-]#[N+]c1ccc2c(c1OC1CC(O)C1)C1(CC2)CC1.[C-]#[N+]c1ccc2c(c1OC1CC(O)C1)C1(CC2)CC1. The molecule has 76 heavy (non-hydrogen) atoms. The summed E-state index contributed by atoms with van der Waals surface area (Å²) in [5.41, 5.74) is 26.6. The Morgan fingerprint density at radius 3 is 0.763 bits per heavy atom. The maximum atomic E-state index is 9.39. The standard InChI is InChI=1S/2C16H18N2O.2C16H17NO2/c2*1-18-13-3-2-10-4-5-16(6-7-16)14(10)15(13)19-12-8-11(17)9-12;2*1-17-13-3-2-10-4-5-16(6-7-16)14(10)15(13)19-12-8-11(18)9-12/h2*2-3,11-12H,4-9,17H2;2*2-3,11-12,18H,4-9H2. The van der Waals surface area contributed by atoms with Gasteiger partial charge in [0.2, 0.25) is 22.7 Å². The van der Waals surface area contributed by atoms with Crippen LogP contribution in [0.25, 0.3) is 19.4 Å². The van der Waals surface area contributed by atoms with Crippen molar-refractivity contribution in [2.75, 3.05) is 0 Å². The van der Waals surface area contributed by atoms with Gasteiger partial charge in [0.1, 0.15) is 35.2 Å². The van der Waals surface area contributed by atoms with Gasteiger partial charge in [0, 0.05) is 37.8 Å². The Labute approximate surface area is 447 Å². The molecule has 12 heteroatoms. The molecular formula is C64H70N6O6. The molecule has 0 bridgehead atoms. The third-order valence-electron chi connectivity index (χ3n) is 19.9. The molecule has 0 unspecified atom stereocenters. The average molecular weight is 1020 g/mol. The van der Waals surface area contributed by atoms with Crippen LogP contribution in [-0.2, 0) is 47.3 Å². The van der Waals surface area contributed by atoms with Crippen molar-refractivity contribution in [2.24, 2.45) is 11.5 Å². The van der Waals surface area contributed by atoms with Crippen LogP contribution in [0.2, 0.25) is 0 Å². The molecule has 4 spiro atoms. The molecular weight excluding hydrogens is 949 g/mol. The molecule has 12 aliphatic rings. The van der Waals surface area contributed by atoms with E-state index in [2.05, 4.69) is 43.6 Å². The molecule has 0 aromatic heterocycles. The minimum atomic E-state index is -0.215. The number of ether oxygens (including phenoxy) is 4. The smallest absolute Gasteiger partial charge is 0.228 e. The zero-order chi connectivity index (χ0) is 52.1. The van der Waals surface area contributed by atoms with Crippen molar-refractivity contribution in [2.45, 2.75) is 224 Å². The number of fused-ring (bicyclic) bond motifs is 8. The molecule has 4 aromatic rings. The van der Waals surface area contributed by atoms with Gasteiger partial charge in [-0.1, -0.05) is 48.5 Å². The van der Waals surface area contributed by atoms with Gasteiger partial charge in [0.25, 0.3) is 0 Å². The molecule has 0 heterocycles. The van der Waals surface area contributed by atoms with E-state index < -0.39 is 0 Å². The summed E-state index contributed by atoms with van der Waals surface area (Å²) in [4.78, 5) is 14.6. The lowest BCUT2D eigenvalue weighted by Gasteiger charge is -2.34. The molecule has 4 aromatic carbocycles. The molecule has 0 amide bonds. The van der Waals surface area contributed by atoms with Gasteiger partial charge in [-0.3, -0.25) is 0 Å². The molecule has 12 nitrogen and oxygen atoms in total. The second kappa shape index (κ2) is 18.8. The predicted octanol–water partition coefficient (Wildman–Crippen LogP) is 12.4. The first kappa shape index (κ1) is 49.5. The fraction of sp³-hybridized carbons (Fsp3) is 0.562. The monoisotopic (exact) mass is 1020 g/mol. The van der Waals surface area contributed by atoms with Crippen LogP contribution in [0.3, 0.4) is 0 Å². The molecule has 0 aliphatic heterocycles. The molecule has 0 atom stereocenters. The van der Waals surface area contributed by atoms with Gasteiger partial charge in [-0.25, -0.2) is 19.4 Å². The second-order valence-electron chi connectivity index (χ2n) is 25.0. The molecule has 16 rings (SSSR count). The van der Waals surface area contributed by atoms with E-state index in [0.29, 0.717) is 70.1 Å². The quantitative estimate of drug-likeness (QED) is 0.128. The minimum Gasteiger partial charge on any atom is -0.501 e. The number of nitrogens with two attached hydrogens (primary N) is 2. The molecule has 0 radical (unpaired) electrons. The Bertz CT molecular complexity index is 2730. The van der Waals surface area contributed by atoms with Gasteiger partial charge in [-0.2, -0.15) is 0 Å². The van der Waals surface area contributed by atoms with Gasteiger partial charge in [0.15, 0.2) is 0 Å². The highest BCUT2D eigenvalue weighted by atomic mass is 16.5. The van der Waals surface area contributed by atoms with Crippen LogP contribution in [0.15, 0.2) is 48.5 Å². The number of aryl methyl sites for hydroxylation is 4. The molecule has 392 valence electrons. The van der Waals surface area contributed by atoms with Crippen LogP contribution in [-0.4, -0.2) is 58.9 Å². The Hall–Kier alpha value is -6.12. The highest BCUT2D eigenvalue weighted by molar-refractivity contribution is 5.71. The molecule has 8 saturated carbocycles. The third kappa shape index (κ3) is 8.79. The van der Waals surface area contributed by atoms with E-state index in [0.717, 1.165) is 74.4 Å². The molecule has 8 fully saturated rings. The van der Waals surface area contributed by atoms with Gasteiger partial charge in [0.05, 0.1) is 50.7 Å². The number of nitrogens with zero attached hydrogens (tertiary/aromatic N) is 4. The van der Waals surface area contributed by atoms with E-state index in [4.69, 9.17) is 56.7 Å². The average Bonchev–Trinajstić information content (AvgIpc) is 4.31. The summed E-state index contributed by atoms with van der Waals surface area (Å²) < 4.78 is 24.5. The lowest BCUT2D eigenvalue weighted by atomic mass is 9.89. The summed E-state index contributed by atoms with van der Waals surface area (Å²) in [6.07, 6.45) is 26.2. The summed E-state index contributed by atoms with van der Waals surface area (Å²) in [6.45, 7) is 29.5. The summed E-state index contributed by atoms with van der Waals surface area (Å²) in [5.74, 6) is 3.44. The topological polar surface area (TPSA) is 147 Å². The van der Waals surface area contributed by atoms with Crippen LogP contribution < -0.4 is 30.4 Å². The van der Waals surface area contributed by atoms with Crippen LogP contribution >= 0.6 is 0 Å². The normalized spacial score (nSPS) is 29.5. The van der Waals surface area contributed by atoms with E-state index in [1.165, 1.54) is 122 Å². The molecule has 0 saturated heterocycles. The number of hydrogen-bond donors (Lipinski definition) is 4. The number of aliphatic hydroxyl groups excluding tert-OH is 2. The third-order valence-corrected chi connectivity index (χ3v) is 19.9. The number of aliphatic hydroxyl groups is 2. The fourth-order valence-corrected chi connectivity index (χ4v) is 14.4. The van der Waals surface area contributed by atoms with Crippen molar-refractivity contribution in [3.8, 4) is 23.0 Å². The predicted molar refractivity (Wildman–Crippen MR) is 290 cm³/mol. The number of rotatable bonds is 8. The maximum absolute atomic E-state index is 9.39. The van der Waals surface area contributed by atoms with Gasteiger partial charge in [-0.05, 0) is 195 Å². The summed E-state index contributed by atoms with van der Waals surface area (Å²) in [6, 6.07) is 16.7. The Balaban J connectivity index is 0.0000000970. The van der Waals surface area contributed by atoms with Crippen LogP contribution in [0.5, 0.6) is 23.0 Å². The van der Waals surface area contributed by atoms with Crippen LogP contribution in [0.1, 0.15) is 173 Å². The zero-order valence-electron chi connectivity index (χ0n) is 43.7. The molecule has 12 aliphatic carbocycles. The largest absolute Gasteiger partial charge is 0.501 e. The summed E-state index contributed by atoms with van der Waals surface area (Å²) >= 11 is 0. The highest BCUT2D eigenvalue weighted by Gasteiger charge is 2.54. The second-order valence-corrected chi connectivity index (χ2v) is 25.0. The van der Waals surface area contributed by atoms with E-state index >= 15 is 0 Å². The first-order chi connectivity index (χ1) is 36.9. The van der Waals surface area contributed by atoms with Gasteiger partial charge in [-0.15, -0.1) is 0 Å². The van der Waals surface area contributed by atoms with Crippen molar-refractivity contribution in [1.29, 1.82) is 0 Å². The lowest BCUT2D eigenvalue weighted by Crippen LogP contribution is -2.43.